The standard InChI is InChI=1S/C16H12N4O2/c21-16(13-6-2-1-3-7-13)22-15-9-5-4-8-14(15)10-19-20-11-17-18-12-20/h1-12H/b19-10-. The second-order valence-corrected chi connectivity index (χ2v) is 4.38. The molecule has 0 N–H and O–H groups in total. The predicted octanol–water partition coefficient (Wildman–Crippen LogP) is 2.38. The highest BCUT2D eigenvalue weighted by atomic mass is 16.5. The Hall–Kier alpha value is -3.28. The van der Waals surface area contributed by atoms with Gasteiger partial charge in [-0.1, -0.05) is 30.3 Å². The van der Waals surface area contributed by atoms with Crippen LogP contribution >= 0.6 is 0 Å². The third kappa shape index (κ3) is 3.24. The lowest BCUT2D eigenvalue weighted by Crippen LogP contribution is -2.09. The molecule has 6 nitrogen and oxygen atoms in total. The summed E-state index contributed by atoms with van der Waals surface area (Å²) >= 11 is 0. The second-order valence-electron chi connectivity index (χ2n) is 4.38. The average molecular weight is 292 g/mol. The van der Waals surface area contributed by atoms with Crippen molar-refractivity contribution in [3.05, 3.63) is 78.4 Å². The van der Waals surface area contributed by atoms with Crippen LogP contribution in [0, 0.1) is 0 Å². The number of carbonyl (C=O) groups excluding carboxylic acids is 1. The fourth-order valence-corrected chi connectivity index (χ4v) is 1.80. The Kier molecular flexibility index (Phi) is 4.01. The van der Waals surface area contributed by atoms with Gasteiger partial charge in [0.1, 0.15) is 18.4 Å². The Balaban J connectivity index is 1.81. The van der Waals surface area contributed by atoms with Crippen molar-refractivity contribution in [1.82, 2.24) is 14.9 Å². The number of para-hydroxylation sites is 1. The summed E-state index contributed by atoms with van der Waals surface area (Å²) < 4.78 is 6.88. The highest BCUT2D eigenvalue weighted by Crippen LogP contribution is 2.17. The normalized spacial score (nSPS) is 10.7. The van der Waals surface area contributed by atoms with E-state index in [4.69, 9.17) is 4.74 Å². The first-order valence-electron chi connectivity index (χ1n) is 6.58. The number of hydrogen-bond acceptors (Lipinski definition) is 5. The summed E-state index contributed by atoms with van der Waals surface area (Å²) in [6.07, 6.45) is 4.52. The van der Waals surface area contributed by atoms with Crippen LogP contribution < -0.4 is 4.74 Å². The molecule has 0 unspecified atom stereocenters. The summed E-state index contributed by atoms with van der Waals surface area (Å²) in [7, 11) is 0. The van der Waals surface area contributed by atoms with E-state index >= 15 is 0 Å². The molecule has 2 aromatic carbocycles. The molecule has 3 rings (SSSR count). The van der Waals surface area contributed by atoms with E-state index in [1.165, 1.54) is 17.3 Å². The number of benzene rings is 2. The zero-order valence-electron chi connectivity index (χ0n) is 11.5. The highest BCUT2D eigenvalue weighted by molar-refractivity contribution is 5.93. The van der Waals surface area contributed by atoms with Gasteiger partial charge in [0.05, 0.1) is 11.8 Å². The molecule has 0 atom stereocenters. The van der Waals surface area contributed by atoms with E-state index in [-0.39, 0.29) is 0 Å². The van der Waals surface area contributed by atoms with Gasteiger partial charge in [0.2, 0.25) is 0 Å². The fraction of sp³-hybridized carbons (Fsp3) is 0. The first-order valence-corrected chi connectivity index (χ1v) is 6.58. The maximum atomic E-state index is 12.1. The van der Waals surface area contributed by atoms with Crippen molar-refractivity contribution in [3.8, 4) is 5.75 Å². The van der Waals surface area contributed by atoms with Crippen LogP contribution in [-0.4, -0.2) is 27.1 Å². The van der Waals surface area contributed by atoms with Crippen molar-refractivity contribution in [1.29, 1.82) is 0 Å². The Morgan fingerprint density at radius 3 is 2.45 bits per heavy atom. The summed E-state index contributed by atoms with van der Waals surface area (Å²) in [4.78, 5) is 12.1. The van der Waals surface area contributed by atoms with Gasteiger partial charge < -0.3 is 4.74 Å². The minimum Gasteiger partial charge on any atom is -0.422 e. The van der Waals surface area contributed by atoms with E-state index in [9.17, 15) is 4.79 Å². The van der Waals surface area contributed by atoms with Crippen molar-refractivity contribution in [2.45, 2.75) is 0 Å². The molecule has 1 heterocycles. The molecule has 1 aromatic heterocycles. The van der Waals surface area contributed by atoms with Gasteiger partial charge in [0.25, 0.3) is 0 Å². The molecule has 3 aromatic rings. The number of ether oxygens (including phenoxy) is 1. The molecule has 0 saturated heterocycles. The summed E-state index contributed by atoms with van der Waals surface area (Å²) in [5.74, 6) is 0.0268. The number of nitrogens with zero attached hydrogens (tertiary/aromatic N) is 4. The van der Waals surface area contributed by atoms with Crippen molar-refractivity contribution < 1.29 is 9.53 Å². The topological polar surface area (TPSA) is 69.4 Å². The summed E-state index contributed by atoms with van der Waals surface area (Å²) in [5.41, 5.74) is 1.17. The van der Waals surface area contributed by atoms with E-state index in [1.54, 1.807) is 42.6 Å². The zero-order valence-corrected chi connectivity index (χ0v) is 11.5. The Morgan fingerprint density at radius 2 is 1.68 bits per heavy atom. The Morgan fingerprint density at radius 1 is 1.00 bits per heavy atom. The summed E-state index contributed by atoms with van der Waals surface area (Å²) in [6.45, 7) is 0. The third-order valence-electron chi connectivity index (χ3n) is 2.87. The van der Waals surface area contributed by atoms with Crippen LogP contribution in [-0.2, 0) is 0 Å². The van der Waals surface area contributed by atoms with Crippen molar-refractivity contribution in [2.24, 2.45) is 5.10 Å². The van der Waals surface area contributed by atoms with Crippen LogP contribution in [0.1, 0.15) is 15.9 Å². The summed E-state index contributed by atoms with van der Waals surface area (Å²) in [6, 6.07) is 16.0. The Labute approximate surface area is 126 Å². The van der Waals surface area contributed by atoms with Crippen molar-refractivity contribution in [2.75, 3.05) is 0 Å². The second kappa shape index (κ2) is 6.45. The third-order valence-corrected chi connectivity index (χ3v) is 2.87. The van der Waals surface area contributed by atoms with E-state index in [0.29, 0.717) is 16.9 Å². The van der Waals surface area contributed by atoms with Gasteiger partial charge in [-0.3, -0.25) is 0 Å². The lowest BCUT2D eigenvalue weighted by Gasteiger charge is -2.07. The number of esters is 1. The van der Waals surface area contributed by atoms with E-state index in [1.807, 2.05) is 18.2 Å². The summed E-state index contributed by atoms with van der Waals surface area (Å²) in [5, 5.41) is 11.5. The monoisotopic (exact) mass is 292 g/mol. The van der Waals surface area contributed by atoms with Gasteiger partial charge in [-0.15, -0.1) is 10.2 Å². The van der Waals surface area contributed by atoms with Gasteiger partial charge in [0, 0.05) is 5.56 Å². The van der Waals surface area contributed by atoms with Crippen LogP contribution in [0.3, 0.4) is 0 Å². The minimum atomic E-state index is -0.411. The molecule has 0 radical (unpaired) electrons. The van der Waals surface area contributed by atoms with Crippen molar-refractivity contribution >= 4 is 12.2 Å². The SMILES string of the molecule is O=C(Oc1ccccc1/C=N\n1cnnc1)c1ccccc1. The van der Waals surface area contributed by atoms with Gasteiger partial charge in [-0.2, -0.15) is 5.10 Å². The lowest BCUT2D eigenvalue weighted by molar-refractivity contribution is 0.0734. The first kappa shape index (κ1) is 13.7. The van der Waals surface area contributed by atoms with E-state index in [2.05, 4.69) is 15.3 Å². The highest BCUT2D eigenvalue weighted by Gasteiger charge is 2.10. The molecule has 0 aliphatic rings. The molecule has 6 heteroatoms. The smallest absolute Gasteiger partial charge is 0.343 e. The largest absolute Gasteiger partial charge is 0.422 e. The first-order chi connectivity index (χ1) is 10.8. The zero-order chi connectivity index (χ0) is 15.2. The van der Waals surface area contributed by atoms with Crippen LogP contribution in [0.5, 0.6) is 5.75 Å². The van der Waals surface area contributed by atoms with Crippen LogP contribution in [0.15, 0.2) is 72.4 Å². The molecule has 0 fully saturated rings. The van der Waals surface area contributed by atoms with Gasteiger partial charge in [-0.25, -0.2) is 9.47 Å². The number of hydrogen-bond donors (Lipinski definition) is 0. The molecule has 0 bridgehead atoms. The minimum absolute atomic E-state index is 0.411. The molecule has 0 amide bonds. The number of carbonyl (C=O) groups is 1. The van der Waals surface area contributed by atoms with Crippen LogP contribution in [0.25, 0.3) is 0 Å². The van der Waals surface area contributed by atoms with Crippen LogP contribution in [0.4, 0.5) is 0 Å². The number of aromatic nitrogens is 3. The Bertz CT molecular complexity index is 783. The maximum Gasteiger partial charge on any atom is 0.343 e. The van der Waals surface area contributed by atoms with E-state index in [0.717, 1.165) is 0 Å². The quantitative estimate of drug-likeness (QED) is 0.420. The number of rotatable bonds is 4. The average Bonchev–Trinajstić information content (AvgIpc) is 3.08. The van der Waals surface area contributed by atoms with Gasteiger partial charge in [-0.05, 0) is 24.3 Å². The maximum absolute atomic E-state index is 12.1. The van der Waals surface area contributed by atoms with Gasteiger partial charge >= 0.3 is 5.97 Å². The van der Waals surface area contributed by atoms with Gasteiger partial charge in [0.15, 0.2) is 0 Å². The molecular formula is C16H12N4O2. The molecule has 0 aliphatic carbocycles. The molecule has 108 valence electrons. The van der Waals surface area contributed by atoms with Crippen molar-refractivity contribution in [3.63, 3.8) is 0 Å². The molecule has 0 spiro atoms. The van der Waals surface area contributed by atoms with Crippen LogP contribution in [0.2, 0.25) is 0 Å². The molecular weight excluding hydrogens is 280 g/mol. The fourth-order valence-electron chi connectivity index (χ4n) is 1.80. The molecule has 22 heavy (non-hydrogen) atoms. The predicted molar refractivity (Wildman–Crippen MR) is 80.9 cm³/mol. The molecule has 0 saturated carbocycles. The lowest BCUT2D eigenvalue weighted by atomic mass is 10.2. The molecule has 0 aliphatic heterocycles. The van der Waals surface area contributed by atoms with E-state index < -0.39 is 5.97 Å².